The minimum absolute atomic E-state index is 0.157. The fraction of sp³-hybridized carbons (Fsp3) is 0.833. The largest absolute Gasteiger partial charge is 0.480 e. The van der Waals surface area contributed by atoms with E-state index in [4.69, 9.17) is 0 Å². The monoisotopic (exact) mass is 257 g/mol. The SMILES string of the molecule is CC1CN(C(=O)C2(C(=O)O)CCC2)CC(C)S1. The number of hydrogen-bond acceptors (Lipinski definition) is 3. The third-order valence-electron chi connectivity index (χ3n) is 3.73. The zero-order valence-electron chi connectivity index (χ0n) is 10.3. The molecular weight excluding hydrogens is 238 g/mol. The molecular formula is C12H19NO3S. The van der Waals surface area contributed by atoms with Crippen LogP contribution in [0.2, 0.25) is 0 Å². The predicted octanol–water partition coefficient (Wildman–Crippen LogP) is 1.59. The zero-order chi connectivity index (χ0) is 12.6. The van der Waals surface area contributed by atoms with Gasteiger partial charge in [0.25, 0.3) is 0 Å². The lowest BCUT2D eigenvalue weighted by Gasteiger charge is -2.43. The smallest absolute Gasteiger partial charge is 0.319 e. The summed E-state index contributed by atoms with van der Waals surface area (Å²) in [6, 6.07) is 0. The van der Waals surface area contributed by atoms with Crippen molar-refractivity contribution in [2.75, 3.05) is 13.1 Å². The van der Waals surface area contributed by atoms with E-state index in [0.717, 1.165) is 6.42 Å². The van der Waals surface area contributed by atoms with E-state index in [1.165, 1.54) is 0 Å². The summed E-state index contributed by atoms with van der Waals surface area (Å²) in [7, 11) is 0. The molecule has 1 aliphatic heterocycles. The van der Waals surface area contributed by atoms with Crippen molar-refractivity contribution in [3.05, 3.63) is 0 Å². The summed E-state index contributed by atoms with van der Waals surface area (Å²) >= 11 is 1.87. The number of carboxylic acid groups (broad SMARTS) is 1. The van der Waals surface area contributed by atoms with Gasteiger partial charge < -0.3 is 10.0 Å². The van der Waals surface area contributed by atoms with Crippen LogP contribution in [0.1, 0.15) is 33.1 Å². The Morgan fingerprint density at radius 1 is 1.24 bits per heavy atom. The van der Waals surface area contributed by atoms with E-state index in [-0.39, 0.29) is 5.91 Å². The molecule has 0 spiro atoms. The number of hydrogen-bond donors (Lipinski definition) is 1. The normalized spacial score (nSPS) is 31.8. The molecule has 1 N–H and O–H groups in total. The minimum atomic E-state index is -1.10. The van der Waals surface area contributed by atoms with Gasteiger partial charge in [-0.1, -0.05) is 20.3 Å². The molecule has 4 nitrogen and oxygen atoms in total. The zero-order valence-corrected chi connectivity index (χ0v) is 11.1. The van der Waals surface area contributed by atoms with Gasteiger partial charge in [-0.25, -0.2) is 0 Å². The first-order chi connectivity index (χ1) is 7.95. The quantitative estimate of drug-likeness (QED) is 0.763. The van der Waals surface area contributed by atoms with E-state index in [2.05, 4.69) is 13.8 Å². The summed E-state index contributed by atoms with van der Waals surface area (Å²) in [5.74, 6) is -1.09. The number of carbonyl (C=O) groups excluding carboxylic acids is 1. The van der Waals surface area contributed by atoms with Gasteiger partial charge in [0.15, 0.2) is 0 Å². The van der Waals surface area contributed by atoms with Crippen molar-refractivity contribution in [3.63, 3.8) is 0 Å². The van der Waals surface area contributed by atoms with Gasteiger partial charge in [0.1, 0.15) is 5.41 Å². The first kappa shape index (κ1) is 12.7. The maximum absolute atomic E-state index is 12.4. The van der Waals surface area contributed by atoms with Crippen LogP contribution in [-0.4, -0.2) is 45.5 Å². The molecule has 0 bridgehead atoms. The topological polar surface area (TPSA) is 57.6 Å². The molecule has 1 amide bonds. The van der Waals surface area contributed by atoms with Gasteiger partial charge in [0, 0.05) is 23.6 Å². The number of rotatable bonds is 2. The summed E-state index contributed by atoms with van der Waals surface area (Å²) < 4.78 is 0. The molecule has 1 saturated carbocycles. The summed E-state index contributed by atoms with van der Waals surface area (Å²) in [4.78, 5) is 25.4. The van der Waals surface area contributed by atoms with E-state index in [1.54, 1.807) is 4.90 Å². The summed E-state index contributed by atoms with van der Waals surface area (Å²) in [6.07, 6.45) is 1.87. The maximum Gasteiger partial charge on any atom is 0.319 e. The van der Waals surface area contributed by atoms with Crippen LogP contribution in [0.25, 0.3) is 0 Å². The molecule has 0 radical (unpaired) electrons. The van der Waals surface area contributed by atoms with Crippen LogP contribution in [0.4, 0.5) is 0 Å². The van der Waals surface area contributed by atoms with Crippen molar-refractivity contribution >= 4 is 23.6 Å². The third kappa shape index (κ3) is 2.17. The van der Waals surface area contributed by atoms with Gasteiger partial charge in [-0.05, 0) is 12.8 Å². The molecule has 96 valence electrons. The Hall–Kier alpha value is -0.710. The standard InChI is InChI=1S/C12H19NO3S/c1-8-6-13(7-9(2)17-8)10(14)12(11(15)16)4-3-5-12/h8-9H,3-7H2,1-2H3,(H,15,16). The van der Waals surface area contributed by atoms with Crippen LogP contribution in [0.3, 0.4) is 0 Å². The molecule has 2 aliphatic rings. The number of carboxylic acids is 1. The van der Waals surface area contributed by atoms with Crippen LogP contribution >= 0.6 is 11.8 Å². The molecule has 0 aromatic heterocycles. The number of nitrogens with zero attached hydrogens (tertiary/aromatic N) is 1. The van der Waals surface area contributed by atoms with Crippen molar-refractivity contribution in [2.24, 2.45) is 5.41 Å². The molecule has 0 aromatic carbocycles. The van der Waals surface area contributed by atoms with E-state index in [9.17, 15) is 14.7 Å². The minimum Gasteiger partial charge on any atom is -0.480 e. The second kappa shape index (κ2) is 4.52. The van der Waals surface area contributed by atoms with Crippen LogP contribution < -0.4 is 0 Å². The summed E-state index contributed by atoms with van der Waals surface area (Å²) in [5, 5.41) is 10.1. The molecule has 1 saturated heterocycles. The molecule has 2 rings (SSSR count). The second-order valence-electron chi connectivity index (χ2n) is 5.21. The molecule has 1 heterocycles. The van der Waals surface area contributed by atoms with Gasteiger partial charge in [0.2, 0.25) is 5.91 Å². The highest BCUT2D eigenvalue weighted by Gasteiger charge is 2.53. The molecule has 1 aliphatic carbocycles. The molecule has 0 aromatic rings. The van der Waals surface area contributed by atoms with Crippen molar-refractivity contribution in [1.82, 2.24) is 4.90 Å². The maximum atomic E-state index is 12.4. The van der Waals surface area contributed by atoms with Gasteiger partial charge in [0.05, 0.1) is 0 Å². The van der Waals surface area contributed by atoms with Gasteiger partial charge >= 0.3 is 5.97 Å². The van der Waals surface area contributed by atoms with E-state index >= 15 is 0 Å². The number of aliphatic carboxylic acids is 1. The predicted molar refractivity (Wildman–Crippen MR) is 67.0 cm³/mol. The van der Waals surface area contributed by atoms with Crippen LogP contribution in [0.5, 0.6) is 0 Å². The first-order valence-electron chi connectivity index (χ1n) is 6.14. The highest BCUT2D eigenvalue weighted by molar-refractivity contribution is 8.00. The Labute approximate surface area is 106 Å². The van der Waals surface area contributed by atoms with Crippen LogP contribution in [-0.2, 0) is 9.59 Å². The number of thioether (sulfide) groups is 1. The lowest BCUT2D eigenvalue weighted by atomic mass is 9.67. The first-order valence-corrected chi connectivity index (χ1v) is 7.08. The molecule has 2 atom stereocenters. The lowest BCUT2D eigenvalue weighted by molar-refractivity contribution is -0.167. The molecule has 5 heteroatoms. The molecule has 17 heavy (non-hydrogen) atoms. The van der Waals surface area contributed by atoms with Gasteiger partial charge in [-0.15, -0.1) is 0 Å². The number of amides is 1. The van der Waals surface area contributed by atoms with Gasteiger partial charge in [-0.2, -0.15) is 11.8 Å². The van der Waals surface area contributed by atoms with Crippen molar-refractivity contribution in [2.45, 2.75) is 43.6 Å². The Balaban J connectivity index is 2.11. The fourth-order valence-corrected chi connectivity index (χ4v) is 4.02. The average molecular weight is 257 g/mol. The van der Waals surface area contributed by atoms with Crippen molar-refractivity contribution < 1.29 is 14.7 Å². The highest BCUT2D eigenvalue weighted by Crippen LogP contribution is 2.43. The van der Waals surface area contributed by atoms with Crippen molar-refractivity contribution in [3.8, 4) is 0 Å². The Morgan fingerprint density at radius 2 is 1.76 bits per heavy atom. The molecule has 2 unspecified atom stereocenters. The lowest BCUT2D eigenvalue weighted by Crippen LogP contribution is -2.56. The van der Waals surface area contributed by atoms with E-state index < -0.39 is 11.4 Å². The molecule has 2 fully saturated rings. The van der Waals surface area contributed by atoms with E-state index in [1.807, 2.05) is 11.8 Å². The summed E-state index contributed by atoms with van der Waals surface area (Å²) in [5.41, 5.74) is -1.10. The van der Waals surface area contributed by atoms with Crippen LogP contribution in [0, 0.1) is 5.41 Å². The Bertz CT molecular complexity index is 331. The average Bonchev–Trinajstić information content (AvgIpc) is 2.13. The summed E-state index contributed by atoms with van der Waals surface area (Å²) in [6.45, 7) is 5.55. The Morgan fingerprint density at radius 3 is 2.12 bits per heavy atom. The second-order valence-corrected chi connectivity index (χ2v) is 7.09. The third-order valence-corrected chi connectivity index (χ3v) is 4.96. The highest BCUT2D eigenvalue weighted by atomic mass is 32.2. The fourth-order valence-electron chi connectivity index (χ4n) is 2.70. The van der Waals surface area contributed by atoms with E-state index in [0.29, 0.717) is 36.4 Å². The van der Waals surface area contributed by atoms with Crippen molar-refractivity contribution in [1.29, 1.82) is 0 Å². The number of carbonyl (C=O) groups is 2. The van der Waals surface area contributed by atoms with Crippen LogP contribution in [0.15, 0.2) is 0 Å². The Kier molecular flexibility index (Phi) is 3.39. The van der Waals surface area contributed by atoms with Gasteiger partial charge in [-0.3, -0.25) is 9.59 Å².